The molecule has 1 saturated heterocycles. The molecular formula is C16H24N4O2. The third kappa shape index (κ3) is 2.92. The summed E-state index contributed by atoms with van der Waals surface area (Å²) in [6.07, 6.45) is 5.40. The van der Waals surface area contributed by atoms with Crippen molar-refractivity contribution in [3.05, 3.63) is 24.3 Å². The lowest BCUT2D eigenvalue weighted by Crippen LogP contribution is -2.43. The lowest BCUT2D eigenvalue weighted by atomic mass is 9.95. The molecule has 1 aromatic heterocycles. The third-order valence-corrected chi connectivity index (χ3v) is 4.62. The SMILES string of the molecule is C=CCO[C@H](C)C(=O)N1CCC(c2nnc3n2CCC3)CC1. The van der Waals surface area contributed by atoms with Crippen LogP contribution in [-0.4, -0.2) is 51.4 Å². The number of carbonyl (C=O) groups excluding carboxylic acids is 1. The fraction of sp³-hybridized carbons (Fsp3) is 0.688. The summed E-state index contributed by atoms with van der Waals surface area (Å²) in [6.45, 7) is 8.41. The second-order valence-corrected chi connectivity index (χ2v) is 6.09. The first-order valence-electron chi connectivity index (χ1n) is 8.14. The number of carbonyl (C=O) groups is 1. The van der Waals surface area contributed by atoms with Crippen molar-refractivity contribution in [2.45, 2.75) is 51.2 Å². The van der Waals surface area contributed by atoms with E-state index in [1.807, 2.05) is 11.8 Å². The number of fused-ring (bicyclic) bond motifs is 1. The summed E-state index contributed by atoms with van der Waals surface area (Å²) >= 11 is 0. The molecule has 3 heterocycles. The van der Waals surface area contributed by atoms with Crippen molar-refractivity contribution in [1.29, 1.82) is 0 Å². The van der Waals surface area contributed by atoms with E-state index in [9.17, 15) is 4.79 Å². The van der Waals surface area contributed by atoms with Crippen LogP contribution in [0.1, 0.15) is 43.8 Å². The summed E-state index contributed by atoms with van der Waals surface area (Å²) in [7, 11) is 0. The lowest BCUT2D eigenvalue weighted by molar-refractivity contribution is -0.143. The highest BCUT2D eigenvalue weighted by molar-refractivity contribution is 5.80. The molecule has 2 aliphatic heterocycles. The van der Waals surface area contributed by atoms with Gasteiger partial charge < -0.3 is 14.2 Å². The van der Waals surface area contributed by atoms with Crippen LogP contribution in [-0.2, 0) is 22.5 Å². The van der Waals surface area contributed by atoms with Crippen molar-refractivity contribution in [2.24, 2.45) is 0 Å². The summed E-state index contributed by atoms with van der Waals surface area (Å²) in [5, 5.41) is 8.67. The predicted molar refractivity (Wildman–Crippen MR) is 82.5 cm³/mol. The van der Waals surface area contributed by atoms with Crippen LogP contribution in [0, 0.1) is 0 Å². The number of aryl methyl sites for hydroxylation is 1. The molecule has 0 spiro atoms. The molecule has 0 saturated carbocycles. The molecule has 2 aliphatic rings. The molecule has 6 heteroatoms. The minimum Gasteiger partial charge on any atom is -0.365 e. The molecule has 0 unspecified atom stereocenters. The Kier molecular flexibility index (Phi) is 4.57. The van der Waals surface area contributed by atoms with Gasteiger partial charge in [0.05, 0.1) is 6.61 Å². The highest BCUT2D eigenvalue weighted by Gasteiger charge is 2.30. The Bertz CT molecular complexity index is 546. The molecule has 0 bridgehead atoms. The fourth-order valence-corrected chi connectivity index (χ4v) is 3.37. The zero-order valence-electron chi connectivity index (χ0n) is 13.2. The monoisotopic (exact) mass is 304 g/mol. The molecule has 0 aliphatic carbocycles. The number of hydrogen-bond acceptors (Lipinski definition) is 4. The Hall–Kier alpha value is -1.69. The van der Waals surface area contributed by atoms with Crippen LogP contribution in [0.15, 0.2) is 12.7 Å². The molecular weight excluding hydrogens is 280 g/mol. The summed E-state index contributed by atoms with van der Waals surface area (Å²) in [6, 6.07) is 0. The van der Waals surface area contributed by atoms with E-state index in [1.54, 1.807) is 6.08 Å². The van der Waals surface area contributed by atoms with E-state index < -0.39 is 6.10 Å². The first-order valence-corrected chi connectivity index (χ1v) is 8.14. The quantitative estimate of drug-likeness (QED) is 0.774. The summed E-state index contributed by atoms with van der Waals surface area (Å²) in [5.74, 6) is 2.75. The first kappa shape index (κ1) is 15.2. The summed E-state index contributed by atoms with van der Waals surface area (Å²) < 4.78 is 7.71. The van der Waals surface area contributed by atoms with Gasteiger partial charge >= 0.3 is 0 Å². The Labute approximate surface area is 131 Å². The molecule has 6 nitrogen and oxygen atoms in total. The Morgan fingerprint density at radius 3 is 2.91 bits per heavy atom. The molecule has 0 radical (unpaired) electrons. The van der Waals surface area contributed by atoms with E-state index in [-0.39, 0.29) is 5.91 Å². The van der Waals surface area contributed by atoms with Gasteiger partial charge in [0, 0.05) is 32.0 Å². The second kappa shape index (κ2) is 6.60. The smallest absolute Gasteiger partial charge is 0.251 e. The van der Waals surface area contributed by atoms with Crippen LogP contribution in [0.2, 0.25) is 0 Å². The van der Waals surface area contributed by atoms with Gasteiger partial charge in [0.15, 0.2) is 0 Å². The topological polar surface area (TPSA) is 60.2 Å². The van der Waals surface area contributed by atoms with E-state index in [4.69, 9.17) is 4.74 Å². The van der Waals surface area contributed by atoms with Crippen molar-refractivity contribution >= 4 is 5.91 Å². The van der Waals surface area contributed by atoms with Crippen LogP contribution in [0.4, 0.5) is 0 Å². The highest BCUT2D eigenvalue weighted by Crippen LogP contribution is 2.29. The van der Waals surface area contributed by atoms with Gasteiger partial charge in [-0.3, -0.25) is 4.79 Å². The minimum absolute atomic E-state index is 0.0757. The van der Waals surface area contributed by atoms with Crippen molar-refractivity contribution in [2.75, 3.05) is 19.7 Å². The van der Waals surface area contributed by atoms with Crippen LogP contribution in [0.3, 0.4) is 0 Å². The summed E-state index contributed by atoms with van der Waals surface area (Å²) in [4.78, 5) is 14.2. The molecule has 0 aromatic carbocycles. The number of aromatic nitrogens is 3. The summed E-state index contributed by atoms with van der Waals surface area (Å²) in [5.41, 5.74) is 0. The third-order valence-electron chi connectivity index (χ3n) is 4.62. The van der Waals surface area contributed by atoms with Gasteiger partial charge in [-0.15, -0.1) is 16.8 Å². The van der Waals surface area contributed by atoms with Crippen molar-refractivity contribution < 1.29 is 9.53 Å². The normalized spacial score (nSPS) is 20.0. The molecule has 1 aromatic rings. The van der Waals surface area contributed by atoms with Gasteiger partial charge in [-0.1, -0.05) is 6.08 Å². The van der Waals surface area contributed by atoms with Gasteiger partial charge in [-0.05, 0) is 26.2 Å². The lowest BCUT2D eigenvalue weighted by Gasteiger charge is -2.33. The van der Waals surface area contributed by atoms with E-state index in [0.29, 0.717) is 12.5 Å². The fourth-order valence-electron chi connectivity index (χ4n) is 3.37. The average molecular weight is 304 g/mol. The number of likely N-dealkylation sites (tertiary alicyclic amines) is 1. The maximum absolute atomic E-state index is 12.3. The van der Waals surface area contributed by atoms with Crippen molar-refractivity contribution in [3.8, 4) is 0 Å². The maximum atomic E-state index is 12.3. The van der Waals surface area contributed by atoms with Crippen molar-refractivity contribution in [1.82, 2.24) is 19.7 Å². The Morgan fingerprint density at radius 2 is 2.18 bits per heavy atom. The molecule has 1 atom stereocenters. The predicted octanol–water partition coefficient (Wildman–Crippen LogP) is 1.52. The van der Waals surface area contributed by atoms with Gasteiger partial charge in [0.1, 0.15) is 17.8 Å². The maximum Gasteiger partial charge on any atom is 0.251 e. The minimum atomic E-state index is -0.396. The number of piperidine rings is 1. The molecule has 120 valence electrons. The van der Waals surface area contributed by atoms with Crippen LogP contribution in [0.5, 0.6) is 0 Å². The average Bonchev–Trinajstić information content (AvgIpc) is 3.15. The molecule has 3 rings (SSSR count). The molecule has 22 heavy (non-hydrogen) atoms. The number of nitrogens with zero attached hydrogens (tertiary/aromatic N) is 4. The Morgan fingerprint density at radius 1 is 1.41 bits per heavy atom. The van der Waals surface area contributed by atoms with Gasteiger partial charge in [-0.25, -0.2) is 0 Å². The van der Waals surface area contributed by atoms with Crippen LogP contribution >= 0.6 is 0 Å². The van der Waals surface area contributed by atoms with E-state index >= 15 is 0 Å². The second-order valence-electron chi connectivity index (χ2n) is 6.09. The Balaban J connectivity index is 1.56. The van der Waals surface area contributed by atoms with Gasteiger partial charge in [0.2, 0.25) is 0 Å². The van der Waals surface area contributed by atoms with Crippen molar-refractivity contribution in [3.63, 3.8) is 0 Å². The molecule has 1 fully saturated rings. The van der Waals surface area contributed by atoms with Crippen LogP contribution in [0.25, 0.3) is 0 Å². The van der Waals surface area contributed by atoms with Crippen LogP contribution < -0.4 is 0 Å². The molecule has 1 amide bonds. The number of rotatable bonds is 5. The van der Waals surface area contributed by atoms with E-state index in [0.717, 1.165) is 50.5 Å². The first-order chi connectivity index (χ1) is 10.7. The van der Waals surface area contributed by atoms with E-state index in [2.05, 4.69) is 21.3 Å². The van der Waals surface area contributed by atoms with Gasteiger partial charge in [0.25, 0.3) is 5.91 Å². The zero-order chi connectivity index (χ0) is 15.5. The molecule has 0 N–H and O–H groups in total. The number of amides is 1. The number of hydrogen-bond donors (Lipinski definition) is 0. The standard InChI is InChI=1S/C16H24N4O2/c1-3-11-22-12(2)16(21)19-9-6-13(7-10-19)15-18-17-14-5-4-8-20(14)15/h3,12-13H,1,4-11H2,2H3/t12-/m1/s1. The van der Waals surface area contributed by atoms with Gasteiger partial charge in [-0.2, -0.15) is 0 Å². The van der Waals surface area contributed by atoms with E-state index in [1.165, 1.54) is 6.42 Å². The highest BCUT2D eigenvalue weighted by atomic mass is 16.5. The number of ether oxygens (including phenoxy) is 1. The largest absolute Gasteiger partial charge is 0.365 e. The zero-order valence-corrected chi connectivity index (χ0v) is 13.2.